The molecule has 10 heteroatoms. The maximum atomic E-state index is 12.0. The maximum absolute atomic E-state index is 12.0. The highest BCUT2D eigenvalue weighted by Crippen LogP contribution is 2.25. The Kier molecular flexibility index (Phi) is 7.50. The summed E-state index contributed by atoms with van der Waals surface area (Å²) in [6, 6.07) is 18.9. The van der Waals surface area contributed by atoms with E-state index >= 15 is 0 Å². The third-order valence-corrected chi connectivity index (χ3v) is 4.39. The van der Waals surface area contributed by atoms with Crippen LogP contribution in [0.25, 0.3) is 0 Å². The van der Waals surface area contributed by atoms with Gasteiger partial charge in [-0.05, 0) is 48.0 Å². The third kappa shape index (κ3) is 6.38. The van der Waals surface area contributed by atoms with Crippen molar-refractivity contribution in [2.24, 2.45) is 5.10 Å². The number of nitrogens with one attached hydrogen (secondary N) is 2. The fourth-order valence-electron chi connectivity index (χ4n) is 2.54. The molecule has 162 valence electrons. The van der Waals surface area contributed by atoms with Crippen molar-refractivity contribution in [1.82, 2.24) is 5.43 Å². The number of carbonyl (C=O) groups is 2. The van der Waals surface area contributed by atoms with E-state index < -0.39 is 10.8 Å². The number of halogens is 1. The molecule has 0 aliphatic heterocycles. The van der Waals surface area contributed by atoms with Crippen LogP contribution in [0, 0.1) is 10.1 Å². The minimum Gasteiger partial charge on any atom is -0.482 e. The van der Waals surface area contributed by atoms with E-state index in [9.17, 15) is 19.7 Å². The lowest BCUT2D eigenvalue weighted by atomic mass is 10.2. The number of carbonyl (C=O) groups excluding carboxylic acids is 2. The van der Waals surface area contributed by atoms with Gasteiger partial charge in [-0.2, -0.15) is 5.10 Å². The minimum absolute atomic E-state index is 0.112. The van der Waals surface area contributed by atoms with E-state index in [1.165, 1.54) is 30.5 Å². The number of hydrogen-bond acceptors (Lipinski definition) is 6. The van der Waals surface area contributed by atoms with Crippen molar-refractivity contribution >= 4 is 41.0 Å². The summed E-state index contributed by atoms with van der Waals surface area (Å²) >= 11 is 6.19. The SMILES string of the molecule is O=C(COc1ccc(/C=N/NC(=O)c2ccc([N+](=O)[O-])cc2)cc1Cl)Nc1ccccc1. The number of nitrogens with zero attached hydrogens (tertiary/aromatic N) is 2. The monoisotopic (exact) mass is 452 g/mol. The van der Waals surface area contributed by atoms with Crippen LogP contribution < -0.4 is 15.5 Å². The molecule has 0 radical (unpaired) electrons. The Balaban J connectivity index is 1.51. The van der Waals surface area contributed by atoms with E-state index in [1.807, 2.05) is 18.2 Å². The van der Waals surface area contributed by atoms with Crippen LogP contribution in [-0.2, 0) is 4.79 Å². The number of benzene rings is 3. The van der Waals surface area contributed by atoms with Crippen LogP contribution in [0.15, 0.2) is 77.9 Å². The molecule has 3 rings (SSSR count). The van der Waals surface area contributed by atoms with Crippen LogP contribution >= 0.6 is 11.6 Å². The van der Waals surface area contributed by atoms with Gasteiger partial charge in [0.15, 0.2) is 6.61 Å². The van der Waals surface area contributed by atoms with Crippen molar-refractivity contribution < 1.29 is 19.2 Å². The minimum atomic E-state index is -0.549. The number of ether oxygens (including phenoxy) is 1. The third-order valence-electron chi connectivity index (χ3n) is 4.09. The molecular weight excluding hydrogens is 436 g/mol. The van der Waals surface area contributed by atoms with Crippen molar-refractivity contribution in [3.63, 3.8) is 0 Å². The summed E-state index contributed by atoms with van der Waals surface area (Å²) < 4.78 is 5.45. The molecule has 0 atom stereocenters. The van der Waals surface area contributed by atoms with Gasteiger partial charge in [0.05, 0.1) is 16.2 Å². The molecule has 32 heavy (non-hydrogen) atoms. The van der Waals surface area contributed by atoms with E-state index in [0.717, 1.165) is 0 Å². The van der Waals surface area contributed by atoms with Gasteiger partial charge in [-0.1, -0.05) is 29.8 Å². The molecule has 0 aliphatic carbocycles. The van der Waals surface area contributed by atoms with Crippen molar-refractivity contribution in [1.29, 1.82) is 0 Å². The van der Waals surface area contributed by atoms with Gasteiger partial charge >= 0.3 is 0 Å². The Bertz CT molecular complexity index is 1150. The molecule has 2 amide bonds. The molecule has 0 aliphatic rings. The molecule has 0 fully saturated rings. The Morgan fingerprint density at radius 3 is 2.44 bits per heavy atom. The van der Waals surface area contributed by atoms with Crippen LogP contribution in [0.5, 0.6) is 5.75 Å². The lowest BCUT2D eigenvalue weighted by Crippen LogP contribution is -2.20. The summed E-state index contributed by atoms with van der Waals surface area (Å²) in [4.78, 5) is 34.1. The number of anilines is 1. The summed E-state index contributed by atoms with van der Waals surface area (Å²) in [6.07, 6.45) is 1.38. The van der Waals surface area contributed by atoms with Gasteiger partial charge in [0.2, 0.25) is 0 Å². The Morgan fingerprint density at radius 1 is 1.06 bits per heavy atom. The average molecular weight is 453 g/mol. The maximum Gasteiger partial charge on any atom is 0.271 e. The molecule has 0 unspecified atom stereocenters. The van der Waals surface area contributed by atoms with Crippen molar-refractivity contribution in [3.8, 4) is 5.75 Å². The van der Waals surface area contributed by atoms with E-state index in [-0.39, 0.29) is 28.8 Å². The number of nitro benzene ring substituents is 1. The first-order valence-corrected chi connectivity index (χ1v) is 9.65. The molecule has 0 aromatic heterocycles. The van der Waals surface area contributed by atoms with Gasteiger partial charge in [-0.15, -0.1) is 0 Å². The van der Waals surface area contributed by atoms with Crippen molar-refractivity contribution in [3.05, 3.63) is 99.1 Å². The van der Waals surface area contributed by atoms with E-state index in [2.05, 4.69) is 15.8 Å². The van der Waals surface area contributed by atoms with E-state index in [4.69, 9.17) is 16.3 Å². The first-order chi connectivity index (χ1) is 15.4. The zero-order valence-electron chi connectivity index (χ0n) is 16.5. The molecule has 0 heterocycles. The number of para-hydroxylation sites is 1. The molecule has 3 aromatic rings. The van der Waals surface area contributed by atoms with E-state index in [0.29, 0.717) is 17.0 Å². The summed E-state index contributed by atoms with van der Waals surface area (Å²) in [5.41, 5.74) is 3.69. The second-order valence-electron chi connectivity index (χ2n) is 6.40. The first-order valence-electron chi connectivity index (χ1n) is 9.27. The fraction of sp³-hybridized carbons (Fsp3) is 0.0455. The predicted molar refractivity (Wildman–Crippen MR) is 120 cm³/mol. The smallest absolute Gasteiger partial charge is 0.271 e. The number of rotatable bonds is 8. The van der Waals surface area contributed by atoms with Crippen LogP contribution in [-0.4, -0.2) is 29.6 Å². The zero-order chi connectivity index (χ0) is 22.9. The molecule has 3 aromatic carbocycles. The van der Waals surface area contributed by atoms with E-state index in [1.54, 1.807) is 30.3 Å². The second kappa shape index (κ2) is 10.7. The highest BCUT2D eigenvalue weighted by molar-refractivity contribution is 6.32. The second-order valence-corrected chi connectivity index (χ2v) is 6.80. The topological polar surface area (TPSA) is 123 Å². The molecule has 9 nitrogen and oxygen atoms in total. The molecular formula is C22H17ClN4O5. The van der Waals surface area contributed by atoms with Gasteiger partial charge in [0.25, 0.3) is 17.5 Å². The highest BCUT2D eigenvalue weighted by Gasteiger charge is 2.09. The summed E-state index contributed by atoms with van der Waals surface area (Å²) in [7, 11) is 0. The molecule has 2 N–H and O–H groups in total. The van der Waals surface area contributed by atoms with Gasteiger partial charge < -0.3 is 10.1 Å². The first kappa shape index (κ1) is 22.4. The average Bonchev–Trinajstić information content (AvgIpc) is 2.79. The lowest BCUT2D eigenvalue weighted by molar-refractivity contribution is -0.384. The largest absolute Gasteiger partial charge is 0.482 e. The molecule has 0 saturated heterocycles. The molecule has 0 spiro atoms. The fourth-order valence-corrected chi connectivity index (χ4v) is 2.78. The van der Waals surface area contributed by atoms with Gasteiger partial charge in [0, 0.05) is 23.4 Å². The van der Waals surface area contributed by atoms with Crippen LogP contribution in [0.3, 0.4) is 0 Å². The Morgan fingerprint density at radius 2 is 1.78 bits per heavy atom. The predicted octanol–water partition coefficient (Wildman–Crippen LogP) is 4.03. The molecule has 0 saturated carbocycles. The Hall–Kier alpha value is -4.24. The highest BCUT2D eigenvalue weighted by atomic mass is 35.5. The Labute approximate surface area is 187 Å². The lowest BCUT2D eigenvalue weighted by Gasteiger charge is -2.09. The van der Waals surface area contributed by atoms with Gasteiger partial charge in [0.1, 0.15) is 5.75 Å². The normalized spacial score (nSPS) is 10.5. The number of nitro groups is 1. The summed E-state index contributed by atoms with van der Waals surface area (Å²) in [6.45, 7) is -0.215. The molecule has 0 bridgehead atoms. The van der Waals surface area contributed by atoms with Gasteiger partial charge in [-0.3, -0.25) is 19.7 Å². The number of non-ortho nitro benzene ring substituents is 1. The quantitative estimate of drug-likeness (QED) is 0.303. The van der Waals surface area contributed by atoms with Crippen molar-refractivity contribution in [2.45, 2.75) is 0 Å². The zero-order valence-corrected chi connectivity index (χ0v) is 17.3. The van der Waals surface area contributed by atoms with Crippen LogP contribution in [0.4, 0.5) is 11.4 Å². The number of hydrazone groups is 1. The van der Waals surface area contributed by atoms with Gasteiger partial charge in [-0.25, -0.2) is 5.43 Å². The van der Waals surface area contributed by atoms with Crippen LogP contribution in [0.1, 0.15) is 15.9 Å². The summed E-state index contributed by atoms with van der Waals surface area (Å²) in [5, 5.41) is 17.5. The summed E-state index contributed by atoms with van der Waals surface area (Å²) in [5.74, 6) is -0.527. The van der Waals surface area contributed by atoms with Crippen molar-refractivity contribution in [2.75, 3.05) is 11.9 Å². The number of amides is 2. The standard InChI is InChI=1S/C22H17ClN4O5/c23-19-12-15(13-24-26-22(29)16-7-9-18(10-8-16)27(30)31)6-11-20(19)32-14-21(28)25-17-4-2-1-3-5-17/h1-13H,14H2,(H,25,28)(H,26,29)/b24-13+. The number of hydrogen-bond donors (Lipinski definition) is 2. The van der Waals surface area contributed by atoms with Crippen LogP contribution in [0.2, 0.25) is 5.02 Å².